The van der Waals surface area contributed by atoms with E-state index in [4.69, 9.17) is 5.73 Å². The predicted molar refractivity (Wildman–Crippen MR) is 50.1 cm³/mol. The average molecular weight is 169 g/mol. The lowest BCUT2D eigenvalue weighted by molar-refractivity contribution is 0.261. The molecule has 3 heteroatoms. The minimum absolute atomic E-state index is 0.443. The molecular formula is C9H19N3. The van der Waals surface area contributed by atoms with Crippen molar-refractivity contribution in [3.8, 4) is 0 Å². The number of nitrogens with two attached hydrogens (primary N) is 1. The summed E-state index contributed by atoms with van der Waals surface area (Å²) in [4.78, 5) is 4.98. The Morgan fingerprint density at radius 3 is 2.92 bits per heavy atom. The van der Waals surface area contributed by atoms with Gasteiger partial charge in [-0.25, -0.2) is 0 Å². The molecule has 3 nitrogen and oxygen atoms in total. The lowest BCUT2D eigenvalue weighted by Gasteiger charge is -2.19. The third-order valence-corrected chi connectivity index (χ3v) is 3.17. The molecule has 70 valence electrons. The molecule has 2 N–H and O–H groups in total. The van der Waals surface area contributed by atoms with Crippen LogP contribution in [-0.2, 0) is 0 Å². The van der Waals surface area contributed by atoms with Crippen molar-refractivity contribution in [2.45, 2.75) is 24.9 Å². The molecule has 2 unspecified atom stereocenters. The van der Waals surface area contributed by atoms with Crippen LogP contribution in [0.4, 0.5) is 0 Å². The first kappa shape index (κ1) is 8.48. The van der Waals surface area contributed by atoms with Gasteiger partial charge in [0.25, 0.3) is 0 Å². The number of rotatable bonds is 0. The van der Waals surface area contributed by atoms with E-state index in [-0.39, 0.29) is 0 Å². The van der Waals surface area contributed by atoms with Crippen LogP contribution in [0.3, 0.4) is 0 Å². The van der Waals surface area contributed by atoms with E-state index in [1.54, 1.807) is 0 Å². The largest absolute Gasteiger partial charge is 0.326 e. The van der Waals surface area contributed by atoms with E-state index in [1.165, 1.54) is 32.5 Å². The van der Waals surface area contributed by atoms with Gasteiger partial charge in [-0.2, -0.15) is 0 Å². The Hall–Kier alpha value is -0.120. The molecule has 2 aliphatic heterocycles. The number of hydrogen-bond donors (Lipinski definition) is 1. The summed E-state index contributed by atoms with van der Waals surface area (Å²) in [5, 5.41) is 0. The van der Waals surface area contributed by atoms with Crippen molar-refractivity contribution >= 4 is 0 Å². The molecule has 2 fully saturated rings. The number of hydrogen-bond acceptors (Lipinski definition) is 3. The highest BCUT2D eigenvalue weighted by Crippen LogP contribution is 2.21. The van der Waals surface area contributed by atoms with Crippen molar-refractivity contribution in [1.82, 2.24) is 9.80 Å². The second kappa shape index (κ2) is 3.32. The van der Waals surface area contributed by atoms with Crippen LogP contribution in [0, 0.1) is 0 Å². The SMILES string of the molecule is CN1CCC2CC(N)CN2CC1. The van der Waals surface area contributed by atoms with Gasteiger partial charge in [0, 0.05) is 31.7 Å². The topological polar surface area (TPSA) is 32.5 Å². The van der Waals surface area contributed by atoms with Crippen molar-refractivity contribution in [3.63, 3.8) is 0 Å². The van der Waals surface area contributed by atoms with Gasteiger partial charge < -0.3 is 10.6 Å². The highest BCUT2D eigenvalue weighted by atomic mass is 15.2. The molecule has 2 atom stereocenters. The van der Waals surface area contributed by atoms with E-state index in [9.17, 15) is 0 Å². The van der Waals surface area contributed by atoms with Crippen molar-refractivity contribution in [3.05, 3.63) is 0 Å². The second-order valence-corrected chi connectivity index (χ2v) is 4.24. The standard InChI is InChI=1S/C9H19N3/c1-11-3-2-9-6-8(10)7-12(9)5-4-11/h8-9H,2-7,10H2,1H3. The minimum Gasteiger partial charge on any atom is -0.326 e. The van der Waals surface area contributed by atoms with Crippen LogP contribution in [0.25, 0.3) is 0 Å². The van der Waals surface area contributed by atoms with Crippen molar-refractivity contribution in [1.29, 1.82) is 0 Å². The Balaban J connectivity index is 1.95. The number of likely N-dealkylation sites (N-methyl/N-ethyl adjacent to an activating group) is 1. The zero-order valence-electron chi connectivity index (χ0n) is 7.87. The molecule has 0 aromatic carbocycles. The Bertz CT molecular complexity index is 144. The van der Waals surface area contributed by atoms with Crippen LogP contribution in [-0.4, -0.2) is 55.1 Å². The van der Waals surface area contributed by atoms with Crippen LogP contribution in [0.1, 0.15) is 12.8 Å². The first-order valence-electron chi connectivity index (χ1n) is 4.94. The van der Waals surface area contributed by atoms with Crippen molar-refractivity contribution < 1.29 is 0 Å². The highest BCUT2D eigenvalue weighted by Gasteiger charge is 2.31. The van der Waals surface area contributed by atoms with Gasteiger partial charge in [-0.05, 0) is 26.4 Å². The first-order valence-corrected chi connectivity index (χ1v) is 4.94. The summed E-state index contributed by atoms with van der Waals surface area (Å²) in [6.07, 6.45) is 2.53. The Morgan fingerprint density at radius 2 is 2.08 bits per heavy atom. The summed E-state index contributed by atoms with van der Waals surface area (Å²) >= 11 is 0. The van der Waals surface area contributed by atoms with Gasteiger partial charge in [0.2, 0.25) is 0 Å². The molecule has 2 heterocycles. The van der Waals surface area contributed by atoms with E-state index >= 15 is 0 Å². The van der Waals surface area contributed by atoms with E-state index in [0.717, 1.165) is 12.6 Å². The minimum atomic E-state index is 0.443. The van der Waals surface area contributed by atoms with Crippen molar-refractivity contribution in [2.75, 3.05) is 33.2 Å². The van der Waals surface area contributed by atoms with Crippen LogP contribution >= 0.6 is 0 Å². The predicted octanol–water partition coefficient (Wildman–Crippen LogP) is -0.276. The third-order valence-electron chi connectivity index (χ3n) is 3.17. The quantitative estimate of drug-likeness (QED) is 0.541. The molecule has 0 aromatic rings. The molecule has 0 aromatic heterocycles. The molecule has 12 heavy (non-hydrogen) atoms. The monoisotopic (exact) mass is 169 g/mol. The van der Waals surface area contributed by atoms with Gasteiger partial charge in [0.15, 0.2) is 0 Å². The summed E-state index contributed by atoms with van der Waals surface area (Å²) in [6.45, 7) is 4.80. The summed E-state index contributed by atoms with van der Waals surface area (Å²) in [5.41, 5.74) is 5.92. The zero-order valence-corrected chi connectivity index (χ0v) is 7.87. The maximum absolute atomic E-state index is 5.92. The van der Waals surface area contributed by atoms with Crippen molar-refractivity contribution in [2.24, 2.45) is 5.73 Å². The normalized spacial score (nSPS) is 39.5. The van der Waals surface area contributed by atoms with Gasteiger partial charge >= 0.3 is 0 Å². The first-order chi connectivity index (χ1) is 5.75. The van der Waals surface area contributed by atoms with Crippen LogP contribution in [0.2, 0.25) is 0 Å². The molecule has 0 bridgehead atoms. The molecule has 2 aliphatic rings. The molecule has 0 aliphatic carbocycles. The average Bonchev–Trinajstić information content (AvgIpc) is 2.31. The van der Waals surface area contributed by atoms with Crippen LogP contribution in [0.15, 0.2) is 0 Å². The summed E-state index contributed by atoms with van der Waals surface area (Å²) in [5.74, 6) is 0. The molecule has 0 radical (unpaired) electrons. The molecule has 2 rings (SSSR count). The Morgan fingerprint density at radius 1 is 1.25 bits per heavy atom. The molecule has 0 spiro atoms. The van der Waals surface area contributed by atoms with Gasteiger partial charge in [-0.15, -0.1) is 0 Å². The van der Waals surface area contributed by atoms with Crippen LogP contribution < -0.4 is 5.73 Å². The maximum atomic E-state index is 5.92. The van der Waals surface area contributed by atoms with E-state index in [1.807, 2.05) is 0 Å². The third kappa shape index (κ3) is 1.63. The van der Waals surface area contributed by atoms with E-state index in [2.05, 4.69) is 16.8 Å². The molecule has 0 amide bonds. The Labute approximate surface area is 74.5 Å². The summed E-state index contributed by atoms with van der Waals surface area (Å²) in [6, 6.07) is 1.23. The fourth-order valence-corrected chi connectivity index (χ4v) is 2.38. The number of nitrogens with zero attached hydrogens (tertiary/aromatic N) is 2. The van der Waals surface area contributed by atoms with E-state index < -0.39 is 0 Å². The molecule has 2 saturated heterocycles. The molecule has 0 saturated carbocycles. The van der Waals surface area contributed by atoms with E-state index in [0.29, 0.717) is 6.04 Å². The summed E-state index contributed by atoms with van der Waals surface area (Å²) < 4.78 is 0. The van der Waals surface area contributed by atoms with Gasteiger partial charge in [0.1, 0.15) is 0 Å². The van der Waals surface area contributed by atoms with Gasteiger partial charge in [0.05, 0.1) is 0 Å². The van der Waals surface area contributed by atoms with Gasteiger partial charge in [-0.1, -0.05) is 0 Å². The Kier molecular flexibility index (Phi) is 2.35. The second-order valence-electron chi connectivity index (χ2n) is 4.24. The fraction of sp³-hybridized carbons (Fsp3) is 1.00. The summed E-state index contributed by atoms with van der Waals surface area (Å²) in [7, 11) is 2.21. The lowest BCUT2D eigenvalue weighted by atomic mass is 10.1. The maximum Gasteiger partial charge on any atom is 0.0182 e. The zero-order chi connectivity index (χ0) is 8.55. The molecular weight excluding hydrogens is 150 g/mol. The lowest BCUT2D eigenvalue weighted by Crippen LogP contribution is -2.33. The number of fused-ring (bicyclic) bond motifs is 1. The highest BCUT2D eigenvalue weighted by molar-refractivity contribution is 4.89. The van der Waals surface area contributed by atoms with Gasteiger partial charge in [-0.3, -0.25) is 4.90 Å². The smallest absolute Gasteiger partial charge is 0.0182 e. The fourth-order valence-electron chi connectivity index (χ4n) is 2.38. The van der Waals surface area contributed by atoms with Crippen LogP contribution in [0.5, 0.6) is 0 Å².